The van der Waals surface area contributed by atoms with E-state index in [9.17, 15) is 4.39 Å². The van der Waals surface area contributed by atoms with Crippen molar-refractivity contribution in [2.45, 2.75) is 78.3 Å². The fourth-order valence-corrected chi connectivity index (χ4v) is 4.31. The molecule has 2 atom stereocenters. The molecule has 150 valence electrons. The standard InChI is InChI=1S/C21H34BFN2O2/c1-8-25-15(2)12-24(13-16(25)3)14-17-9-10-18(19(23)11-17)22-26-20(4,5)21(6,7)27-22/h9-11,15-16H,8,12-14H2,1-7H3. The number of piperazine rings is 1. The first-order valence-corrected chi connectivity index (χ1v) is 10.2. The Morgan fingerprint density at radius 1 is 1.07 bits per heavy atom. The summed E-state index contributed by atoms with van der Waals surface area (Å²) in [4.78, 5) is 4.95. The van der Waals surface area contributed by atoms with E-state index in [4.69, 9.17) is 9.31 Å². The summed E-state index contributed by atoms with van der Waals surface area (Å²) in [5.41, 5.74) is 0.550. The first kappa shape index (κ1) is 20.8. The van der Waals surface area contributed by atoms with Gasteiger partial charge in [0.1, 0.15) is 5.82 Å². The monoisotopic (exact) mass is 376 g/mol. The maximum absolute atomic E-state index is 14.8. The van der Waals surface area contributed by atoms with Crippen LogP contribution in [0.3, 0.4) is 0 Å². The van der Waals surface area contributed by atoms with Crippen molar-refractivity contribution in [3.05, 3.63) is 29.6 Å². The van der Waals surface area contributed by atoms with Gasteiger partial charge >= 0.3 is 7.12 Å². The maximum Gasteiger partial charge on any atom is 0.497 e. The molecule has 0 aliphatic carbocycles. The fraction of sp³-hybridized carbons (Fsp3) is 0.714. The predicted molar refractivity (Wildman–Crippen MR) is 109 cm³/mol. The topological polar surface area (TPSA) is 24.9 Å². The van der Waals surface area contributed by atoms with E-state index in [1.807, 2.05) is 39.8 Å². The van der Waals surface area contributed by atoms with Crippen LogP contribution in [0.1, 0.15) is 54.0 Å². The van der Waals surface area contributed by atoms with Gasteiger partial charge in [-0.05, 0) is 59.7 Å². The minimum absolute atomic E-state index is 0.251. The molecule has 0 radical (unpaired) electrons. The van der Waals surface area contributed by atoms with Gasteiger partial charge in [0.15, 0.2) is 0 Å². The van der Waals surface area contributed by atoms with Gasteiger partial charge in [-0.2, -0.15) is 0 Å². The molecule has 2 fully saturated rings. The van der Waals surface area contributed by atoms with Gasteiger partial charge in [-0.15, -0.1) is 0 Å². The zero-order chi connectivity index (χ0) is 20.0. The molecule has 6 heteroatoms. The van der Waals surface area contributed by atoms with E-state index in [0.717, 1.165) is 31.7 Å². The van der Waals surface area contributed by atoms with Crippen LogP contribution < -0.4 is 5.46 Å². The highest BCUT2D eigenvalue weighted by Gasteiger charge is 2.52. The summed E-state index contributed by atoms with van der Waals surface area (Å²) in [7, 11) is -0.655. The van der Waals surface area contributed by atoms with Crippen molar-refractivity contribution in [3.63, 3.8) is 0 Å². The highest BCUT2D eigenvalue weighted by Crippen LogP contribution is 2.36. The van der Waals surface area contributed by atoms with Crippen LogP contribution in [0.5, 0.6) is 0 Å². The van der Waals surface area contributed by atoms with Crippen molar-refractivity contribution < 1.29 is 13.7 Å². The van der Waals surface area contributed by atoms with Crippen LogP contribution >= 0.6 is 0 Å². The van der Waals surface area contributed by atoms with Gasteiger partial charge in [-0.1, -0.05) is 19.1 Å². The molecule has 2 aliphatic rings. The highest BCUT2D eigenvalue weighted by molar-refractivity contribution is 6.62. The van der Waals surface area contributed by atoms with Crippen LogP contribution in [0.15, 0.2) is 18.2 Å². The summed E-state index contributed by atoms with van der Waals surface area (Å²) in [6.45, 7) is 18.6. The molecule has 1 aromatic rings. The highest BCUT2D eigenvalue weighted by atomic mass is 19.1. The predicted octanol–water partition coefficient (Wildman–Crippen LogP) is 3.04. The van der Waals surface area contributed by atoms with E-state index < -0.39 is 18.3 Å². The lowest BCUT2D eigenvalue weighted by atomic mass is 9.78. The Labute approximate surface area is 164 Å². The Morgan fingerprint density at radius 2 is 1.63 bits per heavy atom. The third-order valence-electron chi connectivity index (χ3n) is 6.52. The lowest BCUT2D eigenvalue weighted by molar-refractivity contribution is 0.00578. The molecule has 0 saturated carbocycles. The van der Waals surface area contributed by atoms with Crippen molar-refractivity contribution in [1.82, 2.24) is 9.80 Å². The SMILES string of the molecule is CCN1C(C)CN(Cc2ccc(B3OC(C)(C)C(C)(C)O3)c(F)c2)CC1C. The molecular formula is C21H34BFN2O2. The quantitative estimate of drug-likeness (QED) is 0.755. The third-order valence-corrected chi connectivity index (χ3v) is 6.52. The average molecular weight is 376 g/mol. The summed E-state index contributed by atoms with van der Waals surface area (Å²) >= 11 is 0. The van der Waals surface area contributed by atoms with Gasteiger partial charge < -0.3 is 9.31 Å². The van der Waals surface area contributed by atoms with Crippen molar-refractivity contribution in [1.29, 1.82) is 0 Å². The molecule has 4 nitrogen and oxygen atoms in total. The van der Waals surface area contributed by atoms with Gasteiger partial charge in [0.05, 0.1) is 11.2 Å². The van der Waals surface area contributed by atoms with E-state index in [0.29, 0.717) is 17.5 Å². The number of hydrogen-bond donors (Lipinski definition) is 0. The molecule has 0 spiro atoms. The van der Waals surface area contributed by atoms with Crippen molar-refractivity contribution in [2.75, 3.05) is 19.6 Å². The van der Waals surface area contributed by atoms with E-state index >= 15 is 0 Å². The van der Waals surface area contributed by atoms with Gasteiger partial charge in [0, 0.05) is 37.2 Å². The molecule has 2 aliphatic heterocycles. The van der Waals surface area contributed by atoms with Crippen LogP contribution in [0.25, 0.3) is 0 Å². The van der Waals surface area contributed by atoms with Gasteiger partial charge in [0.2, 0.25) is 0 Å². The minimum atomic E-state index is -0.655. The zero-order valence-electron chi connectivity index (χ0n) is 17.9. The molecular weight excluding hydrogens is 342 g/mol. The van der Waals surface area contributed by atoms with E-state index in [1.165, 1.54) is 0 Å². The number of halogens is 1. The second kappa shape index (κ2) is 7.47. The Bertz CT molecular complexity index is 654. The van der Waals surface area contributed by atoms with Gasteiger partial charge in [-0.3, -0.25) is 9.80 Å². The maximum atomic E-state index is 14.8. The number of likely N-dealkylation sites (N-methyl/N-ethyl adjacent to an activating group) is 1. The summed E-state index contributed by atoms with van der Waals surface area (Å²) in [5.74, 6) is -0.251. The Hall–Kier alpha value is -0.945. The summed E-state index contributed by atoms with van der Waals surface area (Å²) < 4.78 is 26.8. The molecule has 0 N–H and O–H groups in total. The number of rotatable bonds is 4. The normalized spacial score (nSPS) is 28.7. The van der Waals surface area contributed by atoms with Crippen LogP contribution in [0, 0.1) is 5.82 Å². The number of hydrogen-bond acceptors (Lipinski definition) is 4. The second-order valence-electron chi connectivity index (χ2n) is 9.17. The zero-order valence-corrected chi connectivity index (χ0v) is 17.9. The van der Waals surface area contributed by atoms with E-state index in [1.54, 1.807) is 6.07 Å². The molecule has 2 unspecified atom stereocenters. The lowest BCUT2D eigenvalue weighted by Crippen LogP contribution is -2.56. The summed E-state index contributed by atoms with van der Waals surface area (Å²) in [6, 6.07) is 6.51. The number of nitrogens with zero attached hydrogens (tertiary/aromatic N) is 2. The first-order chi connectivity index (χ1) is 12.5. The lowest BCUT2D eigenvalue weighted by Gasteiger charge is -2.44. The van der Waals surface area contributed by atoms with Crippen LogP contribution in [0.2, 0.25) is 0 Å². The van der Waals surface area contributed by atoms with Crippen molar-refractivity contribution >= 4 is 12.6 Å². The molecule has 1 aromatic carbocycles. The molecule has 2 heterocycles. The number of benzene rings is 1. The molecule has 0 amide bonds. The molecule has 3 rings (SSSR count). The van der Waals surface area contributed by atoms with Crippen LogP contribution in [0.4, 0.5) is 4.39 Å². The molecule has 0 aromatic heterocycles. The van der Waals surface area contributed by atoms with Gasteiger partial charge in [-0.25, -0.2) is 4.39 Å². The van der Waals surface area contributed by atoms with E-state index in [-0.39, 0.29) is 5.82 Å². The minimum Gasteiger partial charge on any atom is -0.399 e. The van der Waals surface area contributed by atoms with Crippen LogP contribution in [-0.4, -0.2) is 59.8 Å². The Balaban J connectivity index is 1.69. The molecule has 2 saturated heterocycles. The smallest absolute Gasteiger partial charge is 0.399 e. The fourth-order valence-electron chi connectivity index (χ4n) is 4.31. The molecule has 0 bridgehead atoms. The van der Waals surface area contributed by atoms with E-state index in [2.05, 4.69) is 30.6 Å². The second-order valence-corrected chi connectivity index (χ2v) is 9.17. The largest absolute Gasteiger partial charge is 0.497 e. The van der Waals surface area contributed by atoms with Crippen LogP contribution in [-0.2, 0) is 15.9 Å². The Morgan fingerprint density at radius 3 is 2.11 bits per heavy atom. The Kier molecular flexibility index (Phi) is 5.75. The third kappa shape index (κ3) is 4.09. The summed E-state index contributed by atoms with van der Waals surface area (Å²) in [6.07, 6.45) is 0. The summed E-state index contributed by atoms with van der Waals surface area (Å²) in [5, 5.41) is 0. The van der Waals surface area contributed by atoms with Crippen molar-refractivity contribution in [2.24, 2.45) is 0 Å². The molecule has 27 heavy (non-hydrogen) atoms. The first-order valence-electron chi connectivity index (χ1n) is 10.2. The average Bonchev–Trinajstić information content (AvgIpc) is 2.75. The van der Waals surface area contributed by atoms with Gasteiger partial charge in [0.25, 0.3) is 0 Å². The van der Waals surface area contributed by atoms with Crippen molar-refractivity contribution in [3.8, 4) is 0 Å².